The van der Waals surface area contributed by atoms with E-state index >= 15 is 0 Å². The topological polar surface area (TPSA) is 83.5 Å². The highest BCUT2D eigenvalue weighted by Crippen LogP contribution is 1.82. The van der Waals surface area contributed by atoms with Gasteiger partial charge in [-0.1, -0.05) is 0 Å². The fourth-order valence-corrected chi connectivity index (χ4v) is 0.253. The Hall–Kier alpha value is -0.610. The SMILES string of the molecule is CO.NCCCC(=O)O. The summed E-state index contributed by atoms with van der Waals surface area (Å²) in [6, 6.07) is 0. The fourth-order valence-electron chi connectivity index (χ4n) is 0.253. The minimum Gasteiger partial charge on any atom is -0.481 e. The molecule has 56 valence electrons. The summed E-state index contributed by atoms with van der Waals surface area (Å²) in [6.45, 7) is 0.465. The first-order valence-electron chi connectivity index (χ1n) is 2.64. The van der Waals surface area contributed by atoms with Crippen molar-refractivity contribution in [3.05, 3.63) is 0 Å². The van der Waals surface area contributed by atoms with Gasteiger partial charge in [0.1, 0.15) is 0 Å². The highest BCUT2D eigenvalue weighted by molar-refractivity contribution is 5.66. The van der Waals surface area contributed by atoms with E-state index in [1.165, 1.54) is 0 Å². The fraction of sp³-hybridized carbons (Fsp3) is 0.800. The van der Waals surface area contributed by atoms with Gasteiger partial charge in [-0.15, -0.1) is 0 Å². The van der Waals surface area contributed by atoms with Crippen LogP contribution in [0.3, 0.4) is 0 Å². The summed E-state index contributed by atoms with van der Waals surface area (Å²) in [5, 5.41) is 15.0. The van der Waals surface area contributed by atoms with E-state index in [-0.39, 0.29) is 6.42 Å². The Labute approximate surface area is 54.3 Å². The highest BCUT2D eigenvalue weighted by atomic mass is 16.4. The lowest BCUT2D eigenvalue weighted by molar-refractivity contribution is -0.137. The number of carboxylic acid groups (broad SMARTS) is 1. The van der Waals surface area contributed by atoms with Crippen LogP contribution in [0.25, 0.3) is 0 Å². The molecule has 4 heteroatoms. The molecule has 0 rings (SSSR count). The summed E-state index contributed by atoms with van der Waals surface area (Å²) in [4.78, 5) is 9.70. The lowest BCUT2D eigenvalue weighted by Gasteiger charge is -1.86. The van der Waals surface area contributed by atoms with Crippen LogP contribution in [-0.4, -0.2) is 29.8 Å². The zero-order valence-corrected chi connectivity index (χ0v) is 5.50. The number of carboxylic acids is 1. The second kappa shape index (κ2) is 10.4. The van der Waals surface area contributed by atoms with Crippen molar-refractivity contribution in [3.63, 3.8) is 0 Å². The van der Waals surface area contributed by atoms with Crippen LogP contribution < -0.4 is 5.73 Å². The number of carbonyl (C=O) groups is 1. The van der Waals surface area contributed by atoms with Gasteiger partial charge in [0.2, 0.25) is 0 Å². The van der Waals surface area contributed by atoms with Gasteiger partial charge in [0, 0.05) is 13.5 Å². The monoisotopic (exact) mass is 135 g/mol. The molecule has 0 spiro atoms. The molecule has 0 aromatic heterocycles. The largest absolute Gasteiger partial charge is 0.481 e. The van der Waals surface area contributed by atoms with Crippen LogP contribution in [-0.2, 0) is 4.79 Å². The molecule has 0 radical (unpaired) electrons. The first kappa shape index (κ1) is 11.2. The Morgan fingerprint density at radius 3 is 2.11 bits per heavy atom. The highest BCUT2D eigenvalue weighted by Gasteiger charge is 1.91. The predicted octanol–water partition coefficient (Wildman–Crippen LogP) is -0.582. The van der Waals surface area contributed by atoms with E-state index in [9.17, 15) is 4.79 Å². The van der Waals surface area contributed by atoms with Crippen molar-refractivity contribution in [1.82, 2.24) is 0 Å². The summed E-state index contributed by atoms with van der Waals surface area (Å²) in [5.41, 5.74) is 5.01. The first-order chi connectivity index (χ1) is 4.27. The number of aliphatic hydroxyl groups is 1. The van der Waals surface area contributed by atoms with Crippen molar-refractivity contribution in [2.75, 3.05) is 13.7 Å². The molecule has 4 N–H and O–H groups in total. The van der Waals surface area contributed by atoms with Crippen LogP contribution in [0.15, 0.2) is 0 Å². The Morgan fingerprint density at radius 2 is 2.00 bits per heavy atom. The van der Waals surface area contributed by atoms with Gasteiger partial charge in [-0.05, 0) is 13.0 Å². The quantitative estimate of drug-likeness (QED) is 0.483. The maximum atomic E-state index is 9.70. The van der Waals surface area contributed by atoms with Gasteiger partial charge in [0.15, 0.2) is 0 Å². The van der Waals surface area contributed by atoms with Gasteiger partial charge in [-0.2, -0.15) is 0 Å². The van der Waals surface area contributed by atoms with E-state index in [0.29, 0.717) is 13.0 Å². The number of nitrogens with two attached hydrogens (primary N) is 1. The zero-order valence-electron chi connectivity index (χ0n) is 5.50. The lowest BCUT2D eigenvalue weighted by Crippen LogP contribution is -2.02. The van der Waals surface area contributed by atoms with Gasteiger partial charge in [0.25, 0.3) is 0 Å². The Kier molecular flexibility index (Phi) is 13.0. The van der Waals surface area contributed by atoms with Crippen LogP contribution in [0.2, 0.25) is 0 Å². The minimum atomic E-state index is -0.773. The standard InChI is InChI=1S/C4H9NO2.CH4O/c5-3-1-2-4(6)7;1-2/h1-3,5H2,(H,6,7);2H,1H3. The molecule has 0 aromatic rings. The van der Waals surface area contributed by atoms with Crippen molar-refractivity contribution in [3.8, 4) is 0 Å². The molecule has 0 aliphatic rings. The zero-order chi connectivity index (χ0) is 7.70. The maximum absolute atomic E-state index is 9.70. The number of hydrogen-bond acceptors (Lipinski definition) is 3. The number of hydrogen-bond donors (Lipinski definition) is 3. The van der Waals surface area contributed by atoms with E-state index in [1.54, 1.807) is 0 Å². The molecule has 0 aliphatic carbocycles. The molecule has 0 bridgehead atoms. The van der Waals surface area contributed by atoms with Crippen molar-refractivity contribution in [2.45, 2.75) is 12.8 Å². The number of aliphatic carboxylic acids is 1. The molecular weight excluding hydrogens is 122 g/mol. The van der Waals surface area contributed by atoms with Crippen LogP contribution in [0.1, 0.15) is 12.8 Å². The van der Waals surface area contributed by atoms with E-state index in [1.807, 2.05) is 0 Å². The Morgan fingerprint density at radius 1 is 1.56 bits per heavy atom. The summed E-state index contributed by atoms with van der Waals surface area (Å²) >= 11 is 0. The van der Waals surface area contributed by atoms with Gasteiger partial charge < -0.3 is 15.9 Å². The molecule has 0 amide bonds. The normalized spacial score (nSPS) is 7.44. The third-order valence-corrected chi connectivity index (χ3v) is 0.595. The smallest absolute Gasteiger partial charge is 0.303 e. The third kappa shape index (κ3) is 18.7. The van der Waals surface area contributed by atoms with E-state index in [0.717, 1.165) is 7.11 Å². The van der Waals surface area contributed by atoms with Crippen molar-refractivity contribution >= 4 is 5.97 Å². The first-order valence-corrected chi connectivity index (χ1v) is 2.64. The molecular formula is C5H13NO3. The molecule has 0 aliphatic heterocycles. The van der Waals surface area contributed by atoms with Crippen LogP contribution >= 0.6 is 0 Å². The Balaban J connectivity index is 0. The predicted molar refractivity (Wildman–Crippen MR) is 34.1 cm³/mol. The minimum absolute atomic E-state index is 0.191. The second-order valence-corrected chi connectivity index (χ2v) is 1.29. The molecule has 0 saturated heterocycles. The average molecular weight is 135 g/mol. The van der Waals surface area contributed by atoms with Gasteiger partial charge >= 0.3 is 5.97 Å². The van der Waals surface area contributed by atoms with E-state index in [4.69, 9.17) is 15.9 Å². The average Bonchev–Trinajstić information content (AvgIpc) is 1.88. The molecule has 0 aromatic carbocycles. The number of rotatable bonds is 3. The van der Waals surface area contributed by atoms with Gasteiger partial charge in [0.05, 0.1) is 0 Å². The number of aliphatic hydroxyl groups excluding tert-OH is 1. The van der Waals surface area contributed by atoms with Crippen molar-refractivity contribution in [1.29, 1.82) is 0 Å². The molecule has 0 unspecified atom stereocenters. The molecule has 0 heterocycles. The molecule has 0 atom stereocenters. The molecule has 0 fully saturated rings. The van der Waals surface area contributed by atoms with E-state index < -0.39 is 5.97 Å². The van der Waals surface area contributed by atoms with Crippen LogP contribution in [0.5, 0.6) is 0 Å². The Bertz CT molecular complexity index is 65.2. The molecule has 9 heavy (non-hydrogen) atoms. The second-order valence-electron chi connectivity index (χ2n) is 1.29. The maximum Gasteiger partial charge on any atom is 0.303 e. The molecule has 4 nitrogen and oxygen atoms in total. The summed E-state index contributed by atoms with van der Waals surface area (Å²) < 4.78 is 0. The summed E-state index contributed by atoms with van der Waals surface area (Å²) in [6.07, 6.45) is 0.770. The lowest BCUT2D eigenvalue weighted by atomic mass is 10.3. The third-order valence-electron chi connectivity index (χ3n) is 0.595. The van der Waals surface area contributed by atoms with Gasteiger partial charge in [-0.25, -0.2) is 0 Å². The van der Waals surface area contributed by atoms with Crippen LogP contribution in [0, 0.1) is 0 Å². The van der Waals surface area contributed by atoms with Crippen LogP contribution in [0.4, 0.5) is 0 Å². The van der Waals surface area contributed by atoms with Crippen molar-refractivity contribution < 1.29 is 15.0 Å². The van der Waals surface area contributed by atoms with E-state index in [2.05, 4.69) is 0 Å². The summed E-state index contributed by atoms with van der Waals surface area (Å²) in [7, 11) is 1.00. The van der Waals surface area contributed by atoms with Crippen molar-refractivity contribution in [2.24, 2.45) is 5.73 Å². The van der Waals surface area contributed by atoms with Gasteiger partial charge in [-0.3, -0.25) is 4.79 Å². The molecule has 0 saturated carbocycles. The summed E-state index contributed by atoms with van der Waals surface area (Å²) in [5.74, 6) is -0.773.